The highest BCUT2D eigenvalue weighted by Crippen LogP contribution is 2.25. The predicted molar refractivity (Wildman–Crippen MR) is 121 cm³/mol. The molecule has 1 aromatic carbocycles. The molecule has 10 nitrogen and oxygen atoms in total. The van der Waals surface area contributed by atoms with Gasteiger partial charge in [-0.15, -0.1) is 5.10 Å². The SMILES string of the molecule is Cc1ccc(Nc2ccc3ncn(-c4ccc(CO)c(-n5nc(C#N)cc5C)n4)c3c2)nn1. The van der Waals surface area contributed by atoms with Gasteiger partial charge in [0, 0.05) is 16.9 Å². The predicted octanol–water partition coefficient (Wildman–Crippen LogP) is 3.12. The number of rotatable bonds is 5. The van der Waals surface area contributed by atoms with Gasteiger partial charge in [0.1, 0.15) is 18.2 Å². The fourth-order valence-corrected chi connectivity index (χ4v) is 3.53. The molecule has 162 valence electrons. The first-order chi connectivity index (χ1) is 16.1. The van der Waals surface area contributed by atoms with Gasteiger partial charge in [0.2, 0.25) is 0 Å². The Morgan fingerprint density at radius 3 is 2.67 bits per heavy atom. The number of hydrogen-bond donors (Lipinski definition) is 2. The molecule has 5 aromatic rings. The first kappa shape index (κ1) is 20.3. The van der Waals surface area contributed by atoms with Crippen LogP contribution in [-0.4, -0.2) is 39.6 Å². The summed E-state index contributed by atoms with van der Waals surface area (Å²) in [4.78, 5) is 9.24. The van der Waals surface area contributed by atoms with Crippen molar-refractivity contribution in [3.8, 4) is 17.7 Å². The monoisotopic (exact) mass is 437 g/mol. The molecule has 0 spiro atoms. The van der Waals surface area contributed by atoms with E-state index in [2.05, 4.69) is 25.6 Å². The number of aliphatic hydroxyl groups is 1. The van der Waals surface area contributed by atoms with Crippen LogP contribution in [0.3, 0.4) is 0 Å². The van der Waals surface area contributed by atoms with Crippen LogP contribution < -0.4 is 5.32 Å². The van der Waals surface area contributed by atoms with Crippen LogP contribution in [0, 0.1) is 25.2 Å². The Hall–Kier alpha value is -4.62. The Morgan fingerprint density at radius 2 is 1.94 bits per heavy atom. The average molecular weight is 437 g/mol. The molecule has 0 aliphatic heterocycles. The van der Waals surface area contributed by atoms with Crippen LogP contribution in [0.2, 0.25) is 0 Å². The fraction of sp³-hybridized carbons (Fsp3) is 0.130. The number of fused-ring (bicyclic) bond motifs is 1. The number of pyridine rings is 1. The number of benzene rings is 1. The first-order valence-electron chi connectivity index (χ1n) is 10.2. The Balaban J connectivity index is 1.58. The molecule has 4 aromatic heterocycles. The van der Waals surface area contributed by atoms with E-state index in [0.717, 1.165) is 28.1 Å². The average Bonchev–Trinajstić information content (AvgIpc) is 3.43. The summed E-state index contributed by atoms with van der Waals surface area (Å²) >= 11 is 0. The Labute approximate surface area is 188 Å². The normalized spacial score (nSPS) is 11.0. The number of nitriles is 1. The van der Waals surface area contributed by atoms with Crippen molar-refractivity contribution >= 4 is 22.5 Å². The minimum Gasteiger partial charge on any atom is -0.392 e. The summed E-state index contributed by atoms with van der Waals surface area (Å²) in [7, 11) is 0. The summed E-state index contributed by atoms with van der Waals surface area (Å²) < 4.78 is 3.42. The third kappa shape index (κ3) is 3.77. The maximum absolute atomic E-state index is 9.84. The highest BCUT2D eigenvalue weighted by molar-refractivity contribution is 5.82. The van der Waals surface area contributed by atoms with Gasteiger partial charge in [0.25, 0.3) is 0 Å². The fourth-order valence-electron chi connectivity index (χ4n) is 3.53. The highest BCUT2D eigenvalue weighted by Gasteiger charge is 2.15. The van der Waals surface area contributed by atoms with Crippen molar-refractivity contribution in [2.24, 2.45) is 0 Å². The first-order valence-corrected chi connectivity index (χ1v) is 10.2. The quantitative estimate of drug-likeness (QED) is 0.429. The van der Waals surface area contributed by atoms with E-state index in [4.69, 9.17) is 4.98 Å². The summed E-state index contributed by atoms with van der Waals surface area (Å²) in [6.45, 7) is 3.51. The number of nitrogens with one attached hydrogen (secondary N) is 1. The van der Waals surface area contributed by atoms with Crippen molar-refractivity contribution in [1.29, 1.82) is 5.26 Å². The molecule has 0 fully saturated rings. The molecule has 0 atom stereocenters. The summed E-state index contributed by atoms with van der Waals surface area (Å²) in [5, 5.41) is 34.8. The molecule has 0 radical (unpaired) electrons. The second-order valence-corrected chi connectivity index (χ2v) is 7.51. The smallest absolute Gasteiger partial charge is 0.163 e. The number of imidazole rings is 1. The molecule has 33 heavy (non-hydrogen) atoms. The molecule has 5 rings (SSSR count). The van der Waals surface area contributed by atoms with E-state index in [1.165, 1.54) is 0 Å². The molecule has 4 heterocycles. The topological polar surface area (TPSA) is 130 Å². The lowest BCUT2D eigenvalue weighted by Crippen LogP contribution is -2.09. The van der Waals surface area contributed by atoms with Gasteiger partial charge in [-0.25, -0.2) is 14.6 Å². The number of nitrogens with zero attached hydrogens (tertiary/aromatic N) is 8. The second-order valence-electron chi connectivity index (χ2n) is 7.51. The third-order valence-corrected chi connectivity index (χ3v) is 5.18. The summed E-state index contributed by atoms with van der Waals surface area (Å²) in [5.74, 6) is 1.70. The highest BCUT2D eigenvalue weighted by atomic mass is 16.3. The van der Waals surface area contributed by atoms with Gasteiger partial charge in [-0.05, 0) is 62.4 Å². The van der Waals surface area contributed by atoms with Crippen molar-refractivity contribution in [2.45, 2.75) is 20.5 Å². The molecule has 0 aliphatic carbocycles. The molecular weight excluding hydrogens is 418 g/mol. The standard InChI is InChI=1S/C23H19N9O/c1-14-3-7-21(29-28-14)26-17-5-6-19-20(10-17)31(13-25-19)22-8-4-16(12-33)23(27-22)32-15(2)9-18(11-24)30-32/h3-10,13,33H,12H2,1-2H3,(H,26,29). The minimum atomic E-state index is -0.208. The second kappa shape index (κ2) is 8.14. The Kier molecular flexibility index (Phi) is 5.01. The minimum absolute atomic E-state index is 0.208. The molecule has 0 aliphatic rings. The van der Waals surface area contributed by atoms with E-state index in [1.807, 2.05) is 60.9 Å². The maximum atomic E-state index is 9.84. The number of aromatic nitrogens is 7. The number of hydrogen-bond acceptors (Lipinski definition) is 8. The molecule has 0 unspecified atom stereocenters. The summed E-state index contributed by atoms with van der Waals surface area (Å²) in [5.41, 5.74) is 4.93. The zero-order chi connectivity index (χ0) is 22.9. The van der Waals surface area contributed by atoms with Gasteiger partial charge in [-0.1, -0.05) is 0 Å². The molecule has 0 saturated carbocycles. The number of aryl methyl sites for hydroxylation is 2. The number of aliphatic hydroxyl groups excluding tert-OH is 1. The third-order valence-electron chi connectivity index (χ3n) is 5.18. The van der Waals surface area contributed by atoms with Crippen molar-refractivity contribution < 1.29 is 5.11 Å². The molecule has 10 heteroatoms. The molecular formula is C23H19N9O. The molecule has 0 bridgehead atoms. The van der Waals surface area contributed by atoms with Gasteiger partial charge < -0.3 is 10.4 Å². The zero-order valence-electron chi connectivity index (χ0n) is 17.9. The zero-order valence-corrected chi connectivity index (χ0v) is 17.9. The lowest BCUT2D eigenvalue weighted by Gasteiger charge is -2.12. The van der Waals surface area contributed by atoms with Crippen molar-refractivity contribution in [2.75, 3.05) is 5.32 Å². The van der Waals surface area contributed by atoms with Gasteiger partial charge >= 0.3 is 0 Å². The maximum Gasteiger partial charge on any atom is 0.163 e. The molecule has 2 N–H and O–H groups in total. The van der Waals surface area contributed by atoms with Crippen LogP contribution in [0.1, 0.15) is 22.6 Å². The number of anilines is 2. The van der Waals surface area contributed by atoms with Crippen LogP contribution in [-0.2, 0) is 6.61 Å². The summed E-state index contributed by atoms with van der Waals surface area (Å²) in [6.07, 6.45) is 1.70. The van der Waals surface area contributed by atoms with Gasteiger partial charge in [0.05, 0.1) is 23.3 Å². The van der Waals surface area contributed by atoms with E-state index in [1.54, 1.807) is 23.1 Å². The van der Waals surface area contributed by atoms with Crippen LogP contribution in [0.5, 0.6) is 0 Å². The van der Waals surface area contributed by atoms with E-state index < -0.39 is 0 Å². The lowest BCUT2D eigenvalue weighted by atomic mass is 10.2. The van der Waals surface area contributed by atoms with Crippen molar-refractivity contribution in [3.63, 3.8) is 0 Å². The van der Waals surface area contributed by atoms with Crippen molar-refractivity contribution in [1.82, 2.24) is 34.5 Å². The van der Waals surface area contributed by atoms with E-state index in [-0.39, 0.29) is 12.3 Å². The summed E-state index contributed by atoms with van der Waals surface area (Å²) in [6, 6.07) is 16.9. The Bertz CT molecular complexity index is 1510. The van der Waals surface area contributed by atoms with Gasteiger partial charge in [-0.3, -0.25) is 4.57 Å². The lowest BCUT2D eigenvalue weighted by molar-refractivity contribution is 0.280. The van der Waals surface area contributed by atoms with E-state index in [0.29, 0.717) is 23.0 Å². The molecule has 0 saturated heterocycles. The van der Waals surface area contributed by atoms with Crippen LogP contribution in [0.25, 0.3) is 22.7 Å². The van der Waals surface area contributed by atoms with Gasteiger partial charge in [0.15, 0.2) is 17.3 Å². The van der Waals surface area contributed by atoms with Crippen LogP contribution in [0.4, 0.5) is 11.5 Å². The van der Waals surface area contributed by atoms with Crippen LogP contribution in [0.15, 0.2) is 54.9 Å². The van der Waals surface area contributed by atoms with Crippen molar-refractivity contribution in [3.05, 3.63) is 77.5 Å². The van der Waals surface area contributed by atoms with E-state index >= 15 is 0 Å². The largest absolute Gasteiger partial charge is 0.392 e. The molecule has 0 amide bonds. The van der Waals surface area contributed by atoms with E-state index in [9.17, 15) is 10.4 Å². The Morgan fingerprint density at radius 1 is 1.06 bits per heavy atom. The van der Waals surface area contributed by atoms with Gasteiger partial charge in [-0.2, -0.15) is 15.5 Å². The van der Waals surface area contributed by atoms with Crippen LogP contribution >= 0.6 is 0 Å².